The number of fused-ring (bicyclic) bond motifs is 10. The molecule has 2 bridgehead atoms. The molecule has 0 aliphatic heterocycles. The lowest BCUT2D eigenvalue weighted by molar-refractivity contribution is -0.123. The average molecular weight is 598 g/mol. The van der Waals surface area contributed by atoms with E-state index in [2.05, 4.69) is 143 Å². The predicted octanol–water partition coefficient (Wildman–Crippen LogP) is 9.47. The first-order valence-corrected chi connectivity index (χ1v) is 15.4. The van der Waals surface area contributed by atoms with Gasteiger partial charge in [-0.25, -0.2) is 0 Å². The lowest BCUT2D eigenvalue weighted by Crippen LogP contribution is -2.39. The fraction of sp³-hybridized carbons (Fsp3) is 0.108. The van der Waals surface area contributed by atoms with Crippen LogP contribution < -0.4 is 0 Å². The maximum atomic E-state index is 15.6. The Kier molecular flexibility index (Phi) is 5.39. The highest BCUT2D eigenvalue weighted by Gasteiger charge is 2.72. The molecule has 0 N–H and O–H groups in total. The van der Waals surface area contributed by atoms with Crippen molar-refractivity contribution in [2.75, 3.05) is 0 Å². The monoisotopic (exact) mass is 596 g/mol. The number of hydrogen-bond donors (Lipinski definition) is 0. The number of Topliss-reactive ketones (excluding diaryl/α,β-unsaturated/α-hetero) is 1. The van der Waals surface area contributed by atoms with Gasteiger partial charge in [0.1, 0.15) is 0 Å². The van der Waals surface area contributed by atoms with E-state index in [4.69, 9.17) is 0 Å². The third-order valence-electron chi connectivity index (χ3n) is 9.06. The Balaban J connectivity index is 1.56. The quantitative estimate of drug-likeness (QED) is 0.188. The lowest BCUT2D eigenvalue weighted by atomic mass is 9.68. The molecule has 8 rings (SSSR count). The van der Waals surface area contributed by atoms with Crippen molar-refractivity contribution >= 4 is 55.0 Å². The van der Waals surface area contributed by atoms with Crippen molar-refractivity contribution in [2.24, 2.45) is 0 Å². The van der Waals surface area contributed by atoms with E-state index < -0.39 is 10.8 Å². The van der Waals surface area contributed by atoms with Crippen molar-refractivity contribution in [1.29, 1.82) is 0 Å². The minimum atomic E-state index is -0.784. The summed E-state index contributed by atoms with van der Waals surface area (Å²) < 4.78 is 1.06. The summed E-state index contributed by atoms with van der Waals surface area (Å²) in [6, 6.07) is 47.0. The van der Waals surface area contributed by atoms with Gasteiger partial charge in [0, 0.05) is 14.6 Å². The second kappa shape index (κ2) is 8.92. The van der Waals surface area contributed by atoms with E-state index in [1.807, 2.05) is 17.8 Å². The minimum Gasteiger partial charge on any atom is -0.297 e. The van der Waals surface area contributed by atoms with Gasteiger partial charge in [0.15, 0.2) is 5.78 Å². The van der Waals surface area contributed by atoms with E-state index in [1.165, 1.54) is 37.6 Å². The Morgan fingerprint density at radius 2 is 1.07 bits per heavy atom. The van der Waals surface area contributed by atoms with Gasteiger partial charge in [-0.2, -0.15) is 0 Å². The number of halogens is 1. The van der Waals surface area contributed by atoms with E-state index in [9.17, 15) is 0 Å². The summed E-state index contributed by atoms with van der Waals surface area (Å²) in [4.78, 5) is 16.8. The number of carbonyl (C=O) groups excluding carboxylic acids is 1. The predicted molar refractivity (Wildman–Crippen MR) is 169 cm³/mol. The Morgan fingerprint density at radius 1 is 0.575 bits per heavy atom. The van der Waals surface area contributed by atoms with Crippen LogP contribution in [0.5, 0.6) is 0 Å². The molecule has 40 heavy (non-hydrogen) atoms. The number of ketones is 1. The molecule has 0 saturated heterocycles. The van der Waals surface area contributed by atoms with Crippen LogP contribution in [0.25, 0.3) is 21.5 Å². The molecule has 192 valence electrons. The molecule has 3 atom stereocenters. The number of benzene rings is 6. The van der Waals surface area contributed by atoms with Crippen LogP contribution in [0.4, 0.5) is 0 Å². The molecule has 6 aromatic rings. The molecule has 1 fully saturated rings. The molecule has 2 aliphatic carbocycles. The third kappa shape index (κ3) is 3.08. The second-order valence-electron chi connectivity index (χ2n) is 10.9. The van der Waals surface area contributed by atoms with Crippen molar-refractivity contribution in [2.45, 2.75) is 27.4 Å². The van der Waals surface area contributed by atoms with E-state index in [0.29, 0.717) is 5.78 Å². The zero-order valence-corrected chi connectivity index (χ0v) is 24.1. The number of thioether (sulfide) groups is 1. The normalized spacial score (nSPS) is 23.1. The maximum Gasteiger partial charge on any atom is 0.163 e. The summed E-state index contributed by atoms with van der Waals surface area (Å²) in [5.74, 6) is 0.309. The fourth-order valence-corrected chi connectivity index (χ4v) is 9.33. The summed E-state index contributed by atoms with van der Waals surface area (Å²) in [7, 11) is 0. The molecule has 0 spiro atoms. The van der Waals surface area contributed by atoms with Crippen LogP contribution in [0.2, 0.25) is 0 Å². The highest BCUT2D eigenvalue weighted by atomic mass is 79.9. The van der Waals surface area contributed by atoms with Crippen LogP contribution in [0, 0.1) is 0 Å². The Morgan fingerprint density at radius 3 is 1.68 bits per heavy atom. The first kappa shape index (κ1) is 24.2. The number of hydrogen-bond acceptors (Lipinski definition) is 2. The lowest BCUT2D eigenvalue weighted by Gasteiger charge is -2.38. The van der Waals surface area contributed by atoms with Crippen LogP contribution in [0.1, 0.15) is 28.7 Å². The van der Waals surface area contributed by atoms with Gasteiger partial charge in [0.25, 0.3) is 0 Å². The van der Waals surface area contributed by atoms with Gasteiger partial charge in [0.05, 0.1) is 10.8 Å². The molecule has 6 aromatic carbocycles. The van der Waals surface area contributed by atoms with Gasteiger partial charge in [0.2, 0.25) is 0 Å². The molecule has 3 unspecified atom stereocenters. The zero-order chi connectivity index (χ0) is 26.9. The van der Waals surface area contributed by atoms with Crippen molar-refractivity contribution < 1.29 is 4.79 Å². The SMILES string of the molecule is O=C1C2(c3ccccc3)CC(Sc3ccc(Br)cc3)C1(c1ccccc1)c1c2c2ccccc2c2ccccc12. The molecular weight excluding hydrogens is 572 g/mol. The third-order valence-corrected chi connectivity index (χ3v) is 10.9. The van der Waals surface area contributed by atoms with Crippen LogP contribution in [-0.2, 0) is 15.6 Å². The molecule has 3 heteroatoms. The van der Waals surface area contributed by atoms with E-state index in [0.717, 1.165) is 22.0 Å². The number of rotatable bonds is 4. The molecule has 1 saturated carbocycles. The van der Waals surface area contributed by atoms with Gasteiger partial charge in [-0.3, -0.25) is 4.79 Å². The smallest absolute Gasteiger partial charge is 0.163 e. The first-order chi connectivity index (χ1) is 19.7. The van der Waals surface area contributed by atoms with Crippen LogP contribution in [0.15, 0.2) is 143 Å². The molecule has 0 amide bonds. The minimum absolute atomic E-state index is 0.0286. The molecule has 0 heterocycles. The molecule has 1 nitrogen and oxygen atoms in total. The first-order valence-electron chi connectivity index (χ1n) is 13.7. The summed E-state index contributed by atoms with van der Waals surface area (Å²) in [5, 5.41) is 4.84. The van der Waals surface area contributed by atoms with E-state index in [-0.39, 0.29) is 5.25 Å². The van der Waals surface area contributed by atoms with Crippen LogP contribution in [0.3, 0.4) is 0 Å². The van der Waals surface area contributed by atoms with Gasteiger partial charge < -0.3 is 0 Å². The van der Waals surface area contributed by atoms with Crippen molar-refractivity contribution in [3.05, 3.63) is 160 Å². The summed E-state index contributed by atoms with van der Waals surface area (Å²) in [6.07, 6.45) is 0.751. The van der Waals surface area contributed by atoms with Crippen molar-refractivity contribution in [3.8, 4) is 0 Å². The second-order valence-corrected chi connectivity index (χ2v) is 13.1. The van der Waals surface area contributed by atoms with Crippen LogP contribution in [-0.4, -0.2) is 11.0 Å². The molecule has 2 aliphatic rings. The maximum absolute atomic E-state index is 15.6. The topological polar surface area (TPSA) is 17.1 Å². The average Bonchev–Trinajstić information content (AvgIpc) is 3.41. The highest BCUT2D eigenvalue weighted by Crippen LogP contribution is 2.69. The largest absolute Gasteiger partial charge is 0.297 e. The van der Waals surface area contributed by atoms with Gasteiger partial charge in [-0.1, -0.05) is 125 Å². The Bertz CT molecular complexity index is 1930. The molecular formula is C37H25BrOS. The zero-order valence-electron chi connectivity index (χ0n) is 21.7. The fourth-order valence-electron chi connectivity index (χ4n) is 7.58. The van der Waals surface area contributed by atoms with Gasteiger partial charge in [-0.05, 0) is 74.5 Å². The Labute approximate surface area is 246 Å². The van der Waals surface area contributed by atoms with E-state index >= 15 is 4.79 Å². The van der Waals surface area contributed by atoms with Crippen LogP contribution >= 0.6 is 27.7 Å². The van der Waals surface area contributed by atoms with Crippen molar-refractivity contribution in [3.63, 3.8) is 0 Å². The van der Waals surface area contributed by atoms with Crippen molar-refractivity contribution in [1.82, 2.24) is 0 Å². The van der Waals surface area contributed by atoms with Gasteiger partial charge in [-0.15, -0.1) is 11.8 Å². The summed E-state index contributed by atoms with van der Waals surface area (Å²) in [6.45, 7) is 0. The highest BCUT2D eigenvalue weighted by molar-refractivity contribution is 9.10. The number of carbonyl (C=O) groups is 1. The molecule has 0 radical (unpaired) electrons. The standard InChI is InChI=1S/C37H25BrOS/c38-26-19-21-27(22-20-26)40-32-23-36(24-11-3-1-4-12-24)33-30-17-9-7-15-28(30)29-16-8-10-18-31(29)34(33)37(32,35(36)39)25-13-5-2-6-14-25/h1-22,32H,23H2. The molecule has 0 aromatic heterocycles. The summed E-state index contributed by atoms with van der Waals surface area (Å²) >= 11 is 5.44. The Hall–Kier alpha value is -3.66. The van der Waals surface area contributed by atoms with E-state index in [1.54, 1.807) is 0 Å². The summed E-state index contributed by atoms with van der Waals surface area (Å²) in [5.41, 5.74) is 3.07. The van der Waals surface area contributed by atoms with Gasteiger partial charge >= 0.3 is 0 Å².